The molecule has 6 nitrogen and oxygen atoms in total. The first-order valence-corrected chi connectivity index (χ1v) is 8.20. The van der Waals surface area contributed by atoms with E-state index in [1.807, 2.05) is 13.8 Å². The van der Waals surface area contributed by atoms with Crippen LogP contribution in [0, 0.1) is 11.8 Å². The van der Waals surface area contributed by atoms with Gasteiger partial charge in [-0.15, -0.1) is 0 Å². The van der Waals surface area contributed by atoms with E-state index in [1.165, 1.54) is 0 Å². The van der Waals surface area contributed by atoms with Crippen molar-refractivity contribution in [3.05, 3.63) is 0 Å². The lowest BCUT2D eigenvalue weighted by Gasteiger charge is -2.25. The van der Waals surface area contributed by atoms with Crippen LogP contribution in [0.15, 0.2) is 0 Å². The number of rotatable bonds is 8. The molecule has 6 heteroatoms. The maximum Gasteiger partial charge on any atom is 0.346 e. The SMILES string of the molecule is CCCC(C(=O)OOC(C)(C)C)C(CC)C(=O)OOC(C)(C)C. The van der Waals surface area contributed by atoms with Crippen LogP contribution in [0.25, 0.3) is 0 Å². The maximum atomic E-state index is 12.3. The second-order valence-corrected chi connectivity index (χ2v) is 7.61. The van der Waals surface area contributed by atoms with Gasteiger partial charge in [0.25, 0.3) is 0 Å². The predicted octanol–water partition coefficient (Wildman–Crippen LogP) is 3.98. The second-order valence-electron chi connectivity index (χ2n) is 7.61. The van der Waals surface area contributed by atoms with Crippen LogP contribution in [0.5, 0.6) is 0 Å². The zero-order valence-corrected chi connectivity index (χ0v) is 15.7. The largest absolute Gasteiger partial charge is 0.346 e. The van der Waals surface area contributed by atoms with Crippen LogP contribution in [0.4, 0.5) is 0 Å². The van der Waals surface area contributed by atoms with Crippen LogP contribution in [-0.2, 0) is 29.1 Å². The Morgan fingerprint density at radius 3 is 1.48 bits per heavy atom. The zero-order valence-electron chi connectivity index (χ0n) is 15.7. The van der Waals surface area contributed by atoms with Gasteiger partial charge in [0.15, 0.2) is 0 Å². The Bertz CT molecular complexity index is 378. The van der Waals surface area contributed by atoms with Crippen LogP contribution in [0.2, 0.25) is 0 Å². The van der Waals surface area contributed by atoms with Crippen molar-refractivity contribution < 1.29 is 29.1 Å². The molecule has 23 heavy (non-hydrogen) atoms. The van der Waals surface area contributed by atoms with Crippen LogP contribution in [0.1, 0.15) is 74.7 Å². The summed E-state index contributed by atoms with van der Waals surface area (Å²) in [7, 11) is 0. The molecule has 0 saturated carbocycles. The molecule has 0 aromatic rings. The highest BCUT2D eigenvalue weighted by Crippen LogP contribution is 2.26. The van der Waals surface area contributed by atoms with Crippen molar-refractivity contribution in [3.8, 4) is 0 Å². The molecule has 0 aliphatic rings. The first-order chi connectivity index (χ1) is 10.4. The first kappa shape index (κ1) is 21.9. The minimum Gasteiger partial charge on any atom is -0.297 e. The summed E-state index contributed by atoms with van der Waals surface area (Å²) >= 11 is 0. The lowest BCUT2D eigenvalue weighted by atomic mass is 9.87. The van der Waals surface area contributed by atoms with E-state index >= 15 is 0 Å². The fourth-order valence-electron chi connectivity index (χ4n) is 1.87. The number of hydrogen-bond acceptors (Lipinski definition) is 6. The van der Waals surface area contributed by atoms with Crippen molar-refractivity contribution >= 4 is 11.9 Å². The van der Waals surface area contributed by atoms with E-state index in [0.717, 1.165) is 6.42 Å². The molecule has 0 aromatic heterocycles. The molecule has 0 fully saturated rings. The van der Waals surface area contributed by atoms with Gasteiger partial charge >= 0.3 is 11.9 Å². The third-order valence-corrected chi connectivity index (χ3v) is 2.88. The molecule has 0 bridgehead atoms. The van der Waals surface area contributed by atoms with Gasteiger partial charge in [-0.1, -0.05) is 20.3 Å². The smallest absolute Gasteiger partial charge is 0.297 e. The highest BCUT2D eigenvalue weighted by atomic mass is 17.2. The molecule has 0 radical (unpaired) electrons. The highest BCUT2D eigenvalue weighted by molar-refractivity contribution is 5.81. The number of carbonyl (C=O) groups excluding carboxylic acids is 2. The summed E-state index contributed by atoms with van der Waals surface area (Å²) in [5.74, 6) is -2.37. The van der Waals surface area contributed by atoms with Crippen molar-refractivity contribution in [1.82, 2.24) is 0 Å². The monoisotopic (exact) mass is 332 g/mol. The normalized spacial score (nSPS) is 15.0. The fourth-order valence-corrected chi connectivity index (χ4v) is 1.87. The summed E-state index contributed by atoms with van der Waals surface area (Å²) in [6.07, 6.45) is 1.69. The van der Waals surface area contributed by atoms with Gasteiger partial charge in [-0.2, -0.15) is 9.78 Å². The van der Waals surface area contributed by atoms with Crippen molar-refractivity contribution in [1.29, 1.82) is 0 Å². The average Bonchev–Trinajstić information content (AvgIpc) is 2.40. The van der Waals surface area contributed by atoms with E-state index in [9.17, 15) is 9.59 Å². The Balaban J connectivity index is 4.92. The highest BCUT2D eigenvalue weighted by Gasteiger charge is 2.36. The van der Waals surface area contributed by atoms with Crippen molar-refractivity contribution in [2.45, 2.75) is 85.9 Å². The molecule has 0 N–H and O–H groups in total. The van der Waals surface area contributed by atoms with Crippen molar-refractivity contribution in [2.75, 3.05) is 0 Å². The Labute approximate surface area is 139 Å². The Hall–Kier alpha value is -1.14. The standard InChI is InChI=1S/C17H32O6/c1-9-11-13(15(19)21-23-17(6,7)8)12(10-2)14(18)20-22-16(3,4)5/h12-13H,9-11H2,1-8H3. The quantitative estimate of drug-likeness (QED) is 0.494. The Kier molecular flexibility index (Phi) is 8.77. The molecule has 0 aromatic carbocycles. The van der Waals surface area contributed by atoms with Gasteiger partial charge in [-0.05, 0) is 54.4 Å². The Morgan fingerprint density at radius 1 is 0.783 bits per heavy atom. The number of hydrogen-bond donors (Lipinski definition) is 0. The fraction of sp³-hybridized carbons (Fsp3) is 0.882. The van der Waals surface area contributed by atoms with Gasteiger partial charge in [0, 0.05) is 0 Å². The summed E-state index contributed by atoms with van der Waals surface area (Å²) in [5.41, 5.74) is -1.21. The minimum atomic E-state index is -0.631. The molecule has 0 saturated heterocycles. The molecule has 0 spiro atoms. The molecule has 136 valence electrons. The summed E-state index contributed by atoms with van der Waals surface area (Å²) in [6, 6.07) is 0. The molecule has 0 aliphatic carbocycles. The number of carbonyl (C=O) groups is 2. The van der Waals surface area contributed by atoms with Gasteiger partial charge in [0.05, 0.1) is 11.8 Å². The van der Waals surface area contributed by atoms with E-state index < -0.39 is 35.0 Å². The molecule has 0 rings (SSSR count). The summed E-state index contributed by atoms with van der Waals surface area (Å²) < 4.78 is 0. The van der Waals surface area contributed by atoms with E-state index in [1.54, 1.807) is 41.5 Å². The third-order valence-electron chi connectivity index (χ3n) is 2.88. The second kappa shape index (κ2) is 9.23. The lowest BCUT2D eigenvalue weighted by Crippen LogP contribution is -2.35. The predicted molar refractivity (Wildman–Crippen MR) is 86.0 cm³/mol. The van der Waals surface area contributed by atoms with Gasteiger partial charge in [0.2, 0.25) is 0 Å². The molecule has 2 unspecified atom stereocenters. The van der Waals surface area contributed by atoms with Crippen molar-refractivity contribution in [3.63, 3.8) is 0 Å². The van der Waals surface area contributed by atoms with E-state index in [4.69, 9.17) is 19.6 Å². The average molecular weight is 332 g/mol. The zero-order chi connectivity index (χ0) is 18.3. The van der Waals surface area contributed by atoms with Crippen LogP contribution >= 0.6 is 0 Å². The molecular weight excluding hydrogens is 300 g/mol. The van der Waals surface area contributed by atoms with Gasteiger partial charge in [0.1, 0.15) is 11.2 Å². The molecule has 0 amide bonds. The molecule has 0 aliphatic heterocycles. The third kappa shape index (κ3) is 9.56. The van der Waals surface area contributed by atoms with Gasteiger partial charge in [-0.3, -0.25) is 9.78 Å². The Morgan fingerprint density at radius 2 is 1.17 bits per heavy atom. The molecular formula is C17H32O6. The van der Waals surface area contributed by atoms with E-state index in [-0.39, 0.29) is 0 Å². The molecule has 2 atom stereocenters. The van der Waals surface area contributed by atoms with Crippen LogP contribution in [-0.4, -0.2) is 23.1 Å². The molecule has 0 heterocycles. The summed E-state index contributed by atoms with van der Waals surface area (Å²) in [5, 5.41) is 0. The van der Waals surface area contributed by atoms with E-state index in [0.29, 0.717) is 12.8 Å². The summed E-state index contributed by atoms with van der Waals surface area (Å²) in [4.78, 5) is 44.5. The lowest BCUT2D eigenvalue weighted by molar-refractivity contribution is -0.330. The van der Waals surface area contributed by atoms with Gasteiger partial charge < -0.3 is 0 Å². The van der Waals surface area contributed by atoms with Crippen molar-refractivity contribution in [2.24, 2.45) is 11.8 Å². The summed E-state index contributed by atoms with van der Waals surface area (Å²) in [6.45, 7) is 14.4. The van der Waals surface area contributed by atoms with E-state index in [2.05, 4.69) is 0 Å². The first-order valence-electron chi connectivity index (χ1n) is 8.20. The van der Waals surface area contributed by atoms with Gasteiger partial charge in [-0.25, -0.2) is 9.59 Å². The van der Waals surface area contributed by atoms with Crippen LogP contribution in [0.3, 0.4) is 0 Å². The maximum absolute atomic E-state index is 12.3. The topological polar surface area (TPSA) is 71.1 Å². The van der Waals surface area contributed by atoms with Crippen LogP contribution < -0.4 is 0 Å². The minimum absolute atomic E-state index is 0.446.